The highest BCUT2D eigenvalue weighted by Crippen LogP contribution is 2.38. The molecule has 0 amide bonds. The van der Waals surface area contributed by atoms with Crippen molar-refractivity contribution >= 4 is 33.3 Å². The summed E-state index contributed by atoms with van der Waals surface area (Å²) in [5.41, 5.74) is 2.08. The number of halogens is 1. The summed E-state index contributed by atoms with van der Waals surface area (Å²) in [4.78, 5) is 2.13. The molecule has 0 unspecified atom stereocenters. The van der Waals surface area contributed by atoms with E-state index in [4.69, 9.17) is 9.47 Å². The first-order valence-corrected chi connectivity index (χ1v) is 10.8. The lowest BCUT2D eigenvalue weighted by molar-refractivity contribution is -0.670. The molecule has 1 N–H and O–H groups in total. The Kier molecular flexibility index (Phi) is 6.30. The number of hydrogen-bond acceptors (Lipinski definition) is 5. The second-order valence-corrected chi connectivity index (χ2v) is 7.72. The van der Waals surface area contributed by atoms with Crippen LogP contribution in [0.4, 0.5) is 10.1 Å². The number of ether oxygens (including phenoxy) is 2. The number of nitrogens with zero attached hydrogens (tertiary/aromatic N) is 2. The summed E-state index contributed by atoms with van der Waals surface area (Å²) in [6.07, 6.45) is 5.92. The molecule has 0 fully saturated rings. The van der Waals surface area contributed by atoms with Gasteiger partial charge in [0, 0.05) is 24.8 Å². The molecule has 156 valence electrons. The quantitative estimate of drug-likeness (QED) is 0.545. The normalized spacial score (nSPS) is 14.6. The van der Waals surface area contributed by atoms with Gasteiger partial charge in [0.1, 0.15) is 30.3 Å². The fraction of sp³-hybridized carbons (Fsp3) is 0.261. The Balaban J connectivity index is 1.62. The number of fused-ring (bicyclic) bond motifs is 2. The van der Waals surface area contributed by atoms with Crippen molar-refractivity contribution in [2.75, 3.05) is 31.3 Å². The Hall–Kier alpha value is -2.90. The van der Waals surface area contributed by atoms with Crippen LogP contribution in [0, 0.1) is 0 Å². The predicted octanol–water partition coefficient (Wildman–Crippen LogP) is 4.30. The van der Waals surface area contributed by atoms with Crippen molar-refractivity contribution in [3.05, 3.63) is 65.5 Å². The van der Waals surface area contributed by atoms with Crippen molar-refractivity contribution in [1.29, 1.82) is 0 Å². The van der Waals surface area contributed by atoms with Crippen LogP contribution in [0.1, 0.15) is 11.9 Å². The molecule has 2 aromatic carbocycles. The first-order chi connectivity index (χ1) is 14.7. The van der Waals surface area contributed by atoms with Crippen molar-refractivity contribution in [3.8, 4) is 11.5 Å². The SMILES string of the molecule is CCN1C(=CC=Cc2sc3cc(OCCF)ccc3[n+]2CCO)Oc2ccccc21. The average Bonchev–Trinajstić information content (AvgIpc) is 3.29. The summed E-state index contributed by atoms with van der Waals surface area (Å²) >= 11 is 1.60. The van der Waals surface area contributed by atoms with Gasteiger partial charge < -0.3 is 19.5 Å². The second kappa shape index (κ2) is 9.28. The van der Waals surface area contributed by atoms with Gasteiger partial charge >= 0.3 is 0 Å². The van der Waals surface area contributed by atoms with Gasteiger partial charge in [0.15, 0.2) is 12.3 Å². The molecular formula is C23H24FN2O3S+. The Bertz CT molecular complexity index is 1090. The lowest BCUT2D eigenvalue weighted by atomic mass is 10.3. The lowest BCUT2D eigenvalue weighted by Gasteiger charge is -2.14. The van der Waals surface area contributed by atoms with E-state index < -0.39 is 6.67 Å². The van der Waals surface area contributed by atoms with Gasteiger partial charge in [0.2, 0.25) is 11.4 Å². The van der Waals surface area contributed by atoms with E-state index in [-0.39, 0.29) is 13.2 Å². The van der Waals surface area contributed by atoms with Crippen LogP contribution in [0.25, 0.3) is 16.3 Å². The van der Waals surface area contributed by atoms with Gasteiger partial charge in [-0.1, -0.05) is 23.5 Å². The lowest BCUT2D eigenvalue weighted by Crippen LogP contribution is -2.36. The summed E-state index contributed by atoms with van der Waals surface area (Å²) in [6.45, 7) is 2.96. The minimum atomic E-state index is -0.517. The van der Waals surface area contributed by atoms with Crippen LogP contribution in [0.15, 0.2) is 60.5 Å². The van der Waals surface area contributed by atoms with Gasteiger partial charge in [-0.25, -0.2) is 4.39 Å². The van der Waals surface area contributed by atoms with E-state index in [1.165, 1.54) is 0 Å². The highest BCUT2D eigenvalue weighted by molar-refractivity contribution is 7.18. The molecule has 0 saturated heterocycles. The molecule has 0 saturated carbocycles. The number of allylic oxidation sites excluding steroid dienone is 2. The zero-order valence-electron chi connectivity index (χ0n) is 16.8. The van der Waals surface area contributed by atoms with E-state index in [1.54, 1.807) is 11.3 Å². The zero-order valence-corrected chi connectivity index (χ0v) is 17.6. The number of thiazole rings is 1. The fourth-order valence-electron chi connectivity index (χ4n) is 3.50. The highest BCUT2D eigenvalue weighted by Gasteiger charge is 2.24. The number of aromatic nitrogens is 1. The zero-order chi connectivity index (χ0) is 20.9. The van der Waals surface area contributed by atoms with Crippen LogP contribution in [0.5, 0.6) is 11.5 Å². The largest absolute Gasteiger partial charge is 0.491 e. The van der Waals surface area contributed by atoms with Gasteiger partial charge in [-0.15, -0.1) is 0 Å². The molecule has 2 heterocycles. The molecule has 0 spiro atoms. The number of alkyl halides is 1. The minimum Gasteiger partial charge on any atom is -0.491 e. The van der Waals surface area contributed by atoms with E-state index in [9.17, 15) is 9.50 Å². The van der Waals surface area contributed by atoms with Crippen molar-refractivity contribution < 1.29 is 23.5 Å². The molecule has 0 aliphatic carbocycles. The molecule has 30 heavy (non-hydrogen) atoms. The Morgan fingerprint density at radius 1 is 1.27 bits per heavy atom. The molecule has 4 rings (SSSR count). The van der Waals surface area contributed by atoms with E-state index in [2.05, 4.69) is 16.4 Å². The molecule has 0 bridgehead atoms. The van der Waals surface area contributed by atoms with Crippen LogP contribution in [0.2, 0.25) is 0 Å². The molecule has 5 nitrogen and oxygen atoms in total. The number of anilines is 1. The monoisotopic (exact) mass is 427 g/mol. The number of aliphatic hydroxyl groups is 1. The molecule has 0 radical (unpaired) electrons. The number of benzene rings is 2. The highest BCUT2D eigenvalue weighted by atomic mass is 32.1. The molecule has 1 aliphatic heterocycles. The van der Waals surface area contributed by atoms with E-state index in [1.807, 2.05) is 60.7 Å². The Morgan fingerprint density at radius 3 is 2.93 bits per heavy atom. The van der Waals surface area contributed by atoms with Crippen molar-refractivity contribution in [2.45, 2.75) is 13.5 Å². The maximum absolute atomic E-state index is 12.4. The number of hydrogen-bond donors (Lipinski definition) is 1. The summed E-state index contributed by atoms with van der Waals surface area (Å²) in [5.74, 6) is 2.29. The third-order valence-electron chi connectivity index (χ3n) is 4.80. The van der Waals surface area contributed by atoms with Gasteiger partial charge in [-0.2, -0.15) is 4.57 Å². The summed E-state index contributed by atoms with van der Waals surface area (Å²) in [6, 6.07) is 13.7. The fourth-order valence-corrected chi connectivity index (χ4v) is 4.63. The first-order valence-electron chi connectivity index (χ1n) is 9.94. The van der Waals surface area contributed by atoms with E-state index in [0.29, 0.717) is 12.3 Å². The molecular weight excluding hydrogens is 403 g/mol. The maximum Gasteiger partial charge on any atom is 0.262 e. The third-order valence-corrected chi connectivity index (χ3v) is 5.92. The van der Waals surface area contributed by atoms with Crippen LogP contribution in [0.3, 0.4) is 0 Å². The van der Waals surface area contributed by atoms with Crippen molar-refractivity contribution in [1.82, 2.24) is 0 Å². The van der Waals surface area contributed by atoms with Crippen LogP contribution in [-0.4, -0.2) is 31.5 Å². The van der Waals surface area contributed by atoms with Crippen LogP contribution >= 0.6 is 11.3 Å². The number of rotatable bonds is 8. The Morgan fingerprint density at radius 2 is 2.13 bits per heavy atom. The van der Waals surface area contributed by atoms with Gasteiger partial charge in [0.05, 0.1) is 5.69 Å². The summed E-state index contributed by atoms with van der Waals surface area (Å²) < 4.78 is 26.9. The summed E-state index contributed by atoms with van der Waals surface area (Å²) in [7, 11) is 0. The van der Waals surface area contributed by atoms with Crippen molar-refractivity contribution in [3.63, 3.8) is 0 Å². The molecule has 0 atom stereocenters. The molecule has 1 aromatic heterocycles. The third kappa shape index (κ3) is 4.04. The number of para-hydroxylation sites is 2. The molecule has 3 aromatic rings. The molecule has 1 aliphatic rings. The Labute approximate surface area is 178 Å². The predicted molar refractivity (Wildman–Crippen MR) is 118 cm³/mol. The average molecular weight is 428 g/mol. The van der Waals surface area contributed by atoms with Gasteiger partial charge in [-0.3, -0.25) is 0 Å². The number of aliphatic hydroxyl groups excluding tert-OH is 1. The second-order valence-electron chi connectivity index (χ2n) is 6.66. The topological polar surface area (TPSA) is 45.8 Å². The van der Waals surface area contributed by atoms with Crippen LogP contribution in [-0.2, 0) is 6.54 Å². The molecule has 7 heteroatoms. The smallest absolute Gasteiger partial charge is 0.262 e. The van der Waals surface area contributed by atoms with E-state index >= 15 is 0 Å². The van der Waals surface area contributed by atoms with Gasteiger partial charge in [0.25, 0.3) is 5.01 Å². The standard InChI is InChI=1S/C23H24FN2O3S/c1-2-25-18-6-3-4-7-20(18)29-22(25)8-5-9-23-26(13-14-27)19-11-10-17(28-15-12-24)16-21(19)30-23/h3-11,16,27H,2,12-15H2,1H3/q+1. The minimum absolute atomic E-state index is 0.0422. The summed E-state index contributed by atoms with van der Waals surface area (Å²) in [5, 5.41) is 10.5. The van der Waals surface area contributed by atoms with E-state index in [0.717, 1.165) is 39.1 Å². The van der Waals surface area contributed by atoms with Crippen LogP contribution < -0.4 is 18.9 Å². The van der Waals surface area contributed by atoms with Gasteiger partial charge in [-0.05, 0) is 37.3 Å². The van der Waals surface area contributed by atoms with Crippen molar-refractivity contribution in [2.24, 2.45) is 0 Å². The first kappa shape index (κ1) is 20.4. The maximum atomic E-state index is 12.4.